The number of nitrogens with two attached hydrogens (primary N) is 1. The maximum atomic E-state index is 12.0. The lowest BCUT2D eigenvalue weighted by Crippen LogP contribution is -2.32. The Balaban J connectivity index is 1.29. The summed E-state index contributed by atoms with van der Waals surface area (Å²) in [7, 11) is 0. The molecular formula is C24H35ClN4O3. The maximum Gasteiger partial charge on any atom is 0.255 e. The standard InChI is InChI=1S/C24H35ClN4O3/c1-18-21(22(30)29-23(26)28-18)8-6-14-27-20-11-9-19(10-12-20)7-4-2-3-5-13-24(17-25)31-15-16-32-24/h9-12,27H,2-8,13-17H2,1H3,(H3,26,28,29,30). The number of benzene rings is 1. The molecule has 2 heterocycles. The largest absolute Gasteiger partial charge is 0.385 e. The van der Waals surface area contributed by atoms with Crippen LogP contribution in [0.15, 0.2) is 29.1 Å². The Morgan fingerprint density at radius 1 is 1.09 bits per heavy atom. The molecule has 0 radical (unpaired) electrons. The molecule has 0 aliphatic carbocycles. The first kappa shape index (κ1) is 24.6. The first-order valence-electron chi connectivity index (χ1n) is 11.5. The number of nitrogens with zero attached hydrogens (tertiary/aromatic N) is 1. The molecule has 2 aromatic rings. The van der Waals surface area contributed by atoms with Crippen LogP contribution in [0.5, 0.6) is 0 Å². The number of halogens is 1. The van der Waals surface area contributed by atoms with Gasteiger partial charge >= 0.3 is 0 Å². The summed E-state index contributed by atoms with van der Waals surface area (Å²) in [5.41, 5.74) is 9.28. The minimum absolute atomic E-state index is 0.141. The number of rotatable bonds is 13. The highest BCUT2D eigenvalue weighted by molar-refractivity contribution is 6.18. The minimum Gasteiger partial charge on any atom is -0.385 e. The summed E-state index contributed by atoms with van der Waals surface area (Å²) in [5, 5.41) is 3.42. The number of H-pyrrole nitrogens is 1. The monoisotopic (exact) mass is 462 g/mol. The summed E-state index contributed by atoms with van der Waals surface area (Å²) >= 11 is 6.01. The van der Waals surface area contributed by atoms with Gasteiger partial charge in [0.2, 0.25) is 5.95 Å². The first-order chi connectivity index (χ1) is 15.5. The average Bonchev–Trinajstić information content (AvgIpc) is 3.25. The molecular weight excluding hydrogens is 428 g/mol. The number of aromatic amines is 1. The Labute approximate surface area is 195 Å². The highest BCUT2D eigenvalue weighted by Crippen LogP contribution is 2.27. The SMILES string of the molecule is Cc1nc(N)[nH]c(=O)c1CCCNc1ccc(CCCCCCC2(CCl)OCCO2)cc1. The molecule has 1 aliphatic rings. The molecule has 7 nitrogen and oxygen atoms in total. The third-order valence-corrected chi connectivity index (χ3v) is 6.32. The van der Waals surface area contributed by atoms with Gasteiger partial charge in [-0.2, -0.15) is 0 Å². The normalized spacial score (nSPS) is 15.2. The molecule has 1 saturated heterocycles. The number of nitrogen functional groups attached to an aromatic ring is 1. The van der Waals surface area contributed by atoms with Crippen LogP contribution >= 0.6 is 11.6 Å². The van der Waals surface area contributed by atoms with Crippen LogP contribution in [0.25, 0.3) is 0 Å². The molecule has 1 aliphatic heterocycles. The summed E-state index contributed by atoms with van der Waals surface area (Å²) in [4.78, 5) is 18.7. The molecule has 1 fully saturated rings. The van der Waals surface area contributed by atoms with Crippen LogP contribution in [0, 0.1) is 6.92 Å². The van der Waals surface area contributed by atoms with E-state index < -0.39 is 5.79 Å². The van der Waals surface area contributed by atoms with Crippen LogP contribution in [-0.4, -0.2) is 41.4 Å². The molecule has 0 spiro atoms. The Hall–Kier alpha value is -2.09. The highest BCUT2D eigenvalue weighted by Gasteiger charge is 2.34. The van der Waals surface area contributed by atoms with Crippen molar-refractivity contribution in [3.05, 3.63) is 51.4 Å². The van der Waals surface area contributed by atoms with Crippen molar-refractivity contribution >= 4 is 23.2 Å². The Morgan fingerprint density at radius 2 is 1.81 bits per heavy atom. The van der Waals surface area contributed by atoms with E-state index in [4.69, 9.17) is 26.8 Å². The second kappa shape index (κ2) is 12.2. The van der Waals surface area contributed by atoms with Gasteiger partial charge in [-0.15, -0.1) is 11.6 Å². The van der Waals surface area contributed by atoms with E-state index in [0.29, 0.717) is 36.8 Å². The summed E-state index contributed by atoms with van der Waals surface area (Å²) in [5.74, 6) is 0.0388. The van der Waals surface area contributed by atoms with Crippen molar-refractivity contribution in [1.82, 2.24) is 9.97 Å². The maximum absolute atomic E-state index is 12.0. The van der Waals surface area contributed by atoms with Gasteiger partial charge in [-0.25, -0.2) is 4.98 Å². The van der Waals surface area contributed by atoms with Gasteiger partial charge in [-0.3, -0.25) is 9.78 Å². The number of aromatic nitrogens is 2. The molecule has 176 valence electrons. The van der Waals surface area contributed by atoms with E-state index in [9.17, 15) is 4.79 Å². The Morgan fingerprint density at radius 3 is 2.50 bits per heavy atom. The fraction of sp³-hybridized carbons (Fsp3) is 0.583. The van der Waals surface area contributed by atoms with Crippen molar-refractivity contribution in [2.45, 2.75) is 64.1 Å². The van der Waals surface area contributed by atoms with E-state index in [2.05, 4.69) is 39.6 Å². The van der Waals surface area contributed by atoms with E-state index in [0.717, 1.165) is 44.3 Å². The number of alkyl halides is 1. The van der Waals surface area contributed by atoms with Crippen LogP contribution in [0.3, 0.4) is 0 Å². The van der Waals surface area contributed by atoms with E-state index in [1.54, 1.807) is 0 Å². The number of hydrogen-bond donors (Lipinski definition) is 3. The third kappa shape index (κ3) is 7.22. The molecule has 0 amide bonds. The van der Waals surface area contributed by atoms with Crippen LogP contribution in [0.4, 0.5) is 11.6 Å². The zero-order valence-electron chi connectivity index (χ0n) is 18.9. The van der Waals surface area contributed by atoms with E-state index in [1.165, 1.54) is 18.4 Å². The van der Waals surface area contributed by atoms with Crippen LogP contribution in [-0.2, 0) is 22.3 Å². The predicted molar refractivity (Wildman–Crippen MR) is 129 cm³/mol. The lowest BCUT2D eigenvalue weighted by atomic mass is 10.0. The summed E-state index contributed by atoms with van der Waals surface area (Å²) < 4.78 is 11.3. The van der Waals surface area contributed by atoms with Crippen LogP contribution in [0.1, 0.15) is 55.3 Å². The average molecular weight is 463 g/mol. The van der Waals surface area contributed by atoms with Crippen molar-refractivity contribution < 1.29 is 9.47 Å². The van der Waals surface area contributed by atoms with Crippen LogP contribution in [0.2, 0.25) is 0 Å². The molecule has 0 saturated carbocycles. The second-order valence-corrected chi connectivity index (χ2v) is 8.67. The smallest absolute Gasteiger partial charge is 0.255 e. The van der Waals surface area contributed by atoms with Gasteiger partial charge in [-0.05, 0) is 56.7 Å². The lowest BCUT2D eigenvalue weighted by molar-refractivity contribution is -0.144. The molecule has 0 unspecified atom stereocenters. The zero-order chi connectivity index (χ0) is 22.8. The van der Waals surface area contributed by atoms with Gasteiger partial charge in [0.25, 0.3) is 5.56 Å². The number of aryl methyl sites for hydroxylation is 2. The molecule has 3 rings (SSSR count). The highest BCUT2D eigenvalue weighted by atomic mass is 35.5. The van der Waals surface area contributed by atoms with Gasteiger partial charge in [0.1, 0.15) is 0 Å². The van der Waals surface area contributed by atoms with E-state index in [1.807, 2.05) is 6.92 Å². The third-order valence-electron chi connectivity index (χ3n) is 5.92. The molecule has 32 heavy (non-hydrogen) atoms. The van der Waals surface area contributed by atoms with Gasteiger partial charge in [0.15, 0.2) is 5.79 Å². The topological polar surface area (TPSA) is 102 Å². The van der Waals surface area contributed by atoms with Gasteiger partial charge in [-0.1, -0.05) is 25.0 Å². The van der Waals surface area contributed by atoms with Crippen molar-refractivity contribution in [2.24, 2.45) is 0 Å². The number of hydrogen-bond acceptors (Lipinski definition) is 6. The Kier molecular flexibility index (Phi) is 9.38. The summed E-state index contributed by atoms with van der Waals surface area (Å²) in [6.07, 6.45) is 8.08. The summed E-state index contributed by atoms with van der Waals surface area (Å²) in [6, 6.07) is 8.61. The number of anilines is 2. The number of ether oxygens (including phenoxy) is 2. The fourth-order valence-corrected chi connectivity index (χ4v) is 4.36. The van der Waals surface area contributed by atoms with E-state index in [-0.39, 0.29) is 11.5 Å². The van der Waals surface area contributed by atoms with E-state index >= 15 is 0 Å². The first-order valence-corrected chi connectivity index (χ1v) is 12.1. The summed E-state index contributed by atoms with van der Waals surface area (Å²) in [6.45, 7) is 3.91. The van der Waals surface area contributed by atoms with Crippen molar-refractivity contribution in [3.8, 4) is 0 Å². The Bertz CT molecular complexity index is 895. The molecule has 4 N–H and O–H groups in total. The van der Waals surface area contributed by atoms with Gasteiger partial charge in [0.05, 0.1) is 19.1 Å². The van der Waals surface area contributed by atoms with Crippen molar-refractivity contribution in [3.63, 3.8) is 0 Å². The fourth-order valence-electron chi connectivity index (χ4n) is 4.08. The number of unbranched alkanes of at least 4 members (excludes halogenated alkanes) is 3. The van der Waals surface area contributed by atoms with Crippen LogP contribution < -0.4 is 16.6 Å². The zero-order valence-corrected chi connectivity index (χ0v) is 19.7. The minimum atomic E-state index is -0.537. The lowest BCUT2D eigenvalue weighted by Gasteiger charge is -2.24. The quantitative estimate of drug-likeness (QED) is 0.305. The van der Waals surface area contributed by atoms with Crippen molar-refractivity contribution in [2.75, 3.05) is 36.7 Å². The number of nitrogens with one attached hydrogen (secondary N) is 2. The molecule has 1 aromatic heterocycles. The molecule has 1 aromatic carbocycles. The second-order valence-electron chi connectivity index (χ2n) is 8.40. The molecule has 0 bridgehead atoms. The van der Waals surface area contributed by atoms with Crippen molar-refractivity contribution in [1.29, 1.82) is 0 Å². The van der Waals surface area contributed by atoms with Gasteiger partial charge < -0.3 is 20.5 Å². The molecule has 8 heteroatoms. The predicted octanol–water partition coefficient (Wildman–Crippen LogP) is 4.18. The van der Waals surface area contributed by atoms with Gasteiger partial charge in [0, 0.05) is 29.9 Å². The molecule has 0 atom stereocenters.